The molecule has 0 saturated heterocycles. The van der Waals surface area contributed by atoms with Crippen LogP contribution in [0, 0.1) is 6.92 Å². The largest absolute Gasteiger partial charge is 0.497 e. The van der Waals surface area contributed by atoms with Gasteiger partial charge in [0.2, 0.25) is 5.91 Å². The Bertz CT molecular complexity index is 1230. The summed E-state index contributed by atoms with van der Waals surface area (Å²) in [7, 11) is 1.58. The number of amides is 2. The van der Waals surface area contributed by atoms with Crippen molar-refractivity contribution in [2.45, 2.75) is 13.5 Å². The highest BCUT2D eigenvalue weighted by Crippen LogP contribution is 2.16. The van der Waals surface area contributed by atoms with Crippen molar-refractivity contribution < 1.29 is 14.3 Å². The molecule has 3 heterocycles. The molecule has 4 rings (SSSR count). The van der Waals surface area contributed by atoms with Gasteiger partial charge in [-0.1, -0.05) is 6.07 Å². The molecule has 0 aliphatic rings. The van der Waals surface area contributed by atoms with Gasteiger partial charge in [0.25, 0.3) is 5.91 Å². The molecule has 0 fully saturated rings. The summed E-state index contributed by atoms with van der Waals surface area (Å²) < 4.78 is 8.14. The SMILES string of the molecule is COc1ccc(NC(=O)Cn2cc(NC(=O)c3cnn(-c4ccccn4)c3C)cn2)cc1. The zero-order valence-electron chi connectivity index (χ0n) is 17.5. The van der Waals surface area contributed by atoms with Crippen LogP contribution >= 0.6 is 0 Å². The quantitative estimate of drug-likeness (QED) is 0.465. The first kappa shape index (κ1) is 20.8. The third-order valence-corrected chi connectivity index (χ3v) is 4.69. The summed E-state index contributed by atoms with van der Waals surface area (Å²) in [4.78, 5) is 29.2. The molecule has 0 aliphatic carbocycles. The Labute approximate surface area is 183 Å². The molecule has 0 radical (unpaired) electrons. The second-order valence-electron chi connectivity index (χ2n) is 6.90. The molecule has 0 aliphatic heterocycles. The van der Waals surface area contributed by atoms with E-state index in [4.69, 9.17) is 4.74 Å². The molecule has 10 heteroatoms. The summed E-state index contributed by atoms with van der Waals surface area (Å²) in [5.41, 5.74) is 2.20. The van der Waals surface area contributed by atoms with E-state index in [9.17, 15) is 9.59 Å². The van der Waals surface area contributed by atoms with Crippen LogP contribution < -0.4 is 15.4 Å². The summed E-state index contributed by atoms with van der Waals surface area (Å²) in [6.07, 6.45) is 6.22. The Morgan fingerprint density at radius 2 is 1.81 bits per heavy atom. The molecule has 3 aromatic heterocycles. The fraction of sp³-hybridized carbons (Fsp3) is 0.136. The first-order valence-electron chi connectivity index (χ1n) is 9.77. The number of pyridine rings is 1. The van der Waals surface area contributed by atoms with Gasteiger partial charge in [-0.15, -0.1) is 0 Å². The van der Waals surface area contributed by atoms with Crippen LogP contribution in [0.5, 0.6) is 5.75 Å². The third kappa shape index (κ3) is 4.64. The lowest BCUT2D eigenvalue weighted by Crippen LogP contribution is -2.19. The number of benzene rings is 1. The van der Waals surface area contributed by atoms with Crippen LogP contribution in [0.4, 0.5) is 11.4 Å². The lowest BCUT2D eigenvalue weighted by molar-refractivity contribution is -0.116. The molecule has 0 bridgehead atoms. The average molecular weight is 431 g/mol. The molecule has 162 valence electrons. The van der Waals surface area contributed by atoms with Crippen molar-refractivity contribution in [3.05, 3.63) is 78.5 Å². The van der Waals surface area contributed by atoms with E-state index in [0.717, 1.165) is 0 Å². The minimum absolute atomic E-state index is 0.00145. The van der Waals surface area contributed by atoms with E-state index in [1.54, 1.807) is 55.4 Å². The normalized spacial score (nSPS) is 10.6. The number of carbonyl (C=O) groups excluding carboxylic acids is 2. The number of aromatic nitrogens is 5. The first-order chi connectivity index (χ1) is 15.5. The molecular weight excluding hydrogens is 410 g/mol. The number of carbonyl (C=O) groups is 2. The van der Waals surface area contributed by atoms with Gasteiger partial charge in [0.05, 0.1) is 36.4 Å². The Hall–Kier alpha value is -4.47. The van der Waals surface area contributed by atoms with Gasteiger partial charge in [-0.3, -0.25) is 14.3 Å². The lowest BCUT2D eigenvalue weighted by atomic mass is 10.2. The standard InChI is InChI=1S/C22H21N7O3/c1-15-19(12-25-29(15)20-5-3-4-10-23-20)22(31)27-17-11-24-28(13-17)14-21(30)26-16-6-8-18(32-2)9-7-16/h3-13H,14H2,1-2H3,(H,26,30)(H,27,31). The van der Waals surface area contributed by atoms with Crippen molar-refractivity contribution in [1.29, 1.82) is 0 Å². The smallest absolute Gasteiger partial charge is 0.259 e. The second kappa shape index (κ2) is 9.13. The van der Waals surface area contributed by atoms with E-state index in [-0.39, 0.29) is 18.4 Å². The maximum Gasteiger partial charge on any atom is 0.259 e. The minimum Gasteiger partial charge on any atom is -0.497 e. The monoisotopic (exact) mass is 431 g/mol. The van der Waals surface area contributed by atoms with E-state index >= 15 is 0 Å². The van der Waals surface area contributed by atoms with Gasteiger partial charge >= 0.3 is 0 Å². The van der Waals surface area contributed by atoms with Gasteiger partial charge in [-0.05, 0) is 43.3 Å². The van der Waals surface area contributed by atoms with E-state index in [2.05, 4.69) is 25.8 Å². The van der Waals surface area contributed by atoms with Crippen molar-refractivity contribution in [3.8, 4) is 11.6 Å². The highest BCUT2D eigenvalue weighted by atomic mass is 16.5. The molecule has 32 heavy (non-hydrogen) atoms. The Balaban J connectivity index is 1.37. The number of hydrogen-bond acceptors (Lipinski definition) is 6. The highest BCUT2D eigenvalue weighted by Gasteiger charge is 2.16. The van der Waals surface area contributed by atoms with Crippen molar-refractivity contribution in [2.75, 3.05) is 17.7 Å². The predicted octanol–water partition coefficient (Wildman–Crippen LogP) is 2.67. The fourth-order valence-electron chi connectivity index (χ4n) is 3.08. The van der Waals surface area contributed by atoms with E-state index in [1.165, 1.54) is 17.1 Å². The zero-order chi connectivity index (χ0) is 22.5. The lowest BCUT2D eigenvalue weighted by Gasteiger charge is -2.06. The molecule has 4 aromatic rings. The van der Waals surface area contributed by atoms with Crippen LogP contribution in [-0.4, -0.2) is 43.5 Å². The molecule has 0 spiro atoms. The van der Waals surface area contributed by atoms with Gasteiger partial charge < -0.3 is 15.4 Å². The third-order valence-electron chi connectivity index (χ3n) is 4.69. The maximum atomic E-state index is 12.7. The molecule has 10 nitrogen and oxygen atoms in total. The summed E-state index contributed by atoms with van der Waals surface area (Å²) in [6, 6.07) is 12.5. The molecular formula is C22H21N7O3. The molecule has 1 aromatic carbocycles. The van der Waals surface area contributed by atoms with Gasteiger partial charge in [0.15, 0.2) is 5.82 Å². The second-order valence-corrected chi connectivity index (χ2v) is 6.90. The van der Waals surface area contributed by atoms with Crippen LogP contribution in [-0.2, 0) is 11.3 Å². The molecule has 0 atom stereocenters. The van der Waals surface area contributed by atoms with Crippen molar-refractivity contribution in [1.82, 2.24) is 24.5 Å². The number of nitrogens with one attached hydrogen (secondary N) is 2. The van der Waals surface area contributed by atoms with E-state index < -0.39 is 0 Å². The summed E-state index contributed by atoms with van der Waals surface area (Å²) in [5.74, 6) is 0.756. The van der Waals surface area contributed by atoms with Crippen molar-refractivity contribution in [3.63, 3.8) is 0 Å². The van der Waals surface area contributed by atoms with Gasteiger partial charge in [-0.25, -0.2) is 9.67 Å². The molecule has 0 unspecified atom stereocenters. The van der Waals surface area contributed by atoms with E-state index in [1.807, 2.05) is 18.2 Å². The number of methoxy groups -OCH3 is 1. The van der Waals surface area contributed by atoms with Crippen LogP contribution in [0.25, 0.3) is 5.82 Å². The van der Waals surface area contributed by atoms with Crippen LogP contribution in [0.3, 0.4) is 0 Å². The Kier molecular flexibility index (Phi) is 5.93. The number of hydrogen-bond donors (Lipinski definition) is 2. The predicted molar refractivity (Wildman–Crippen MR) is 118 cm³/mol. The van der Waals surface area contributed by atoms with Crippen LogP contribution in [0.2, 0.25) is 0 Å². The number of ether oxygens (including phenoxy) is 1. The van der Waals surface area contributed by atoms with Gasteiger partial charge in [0.1, 0.15) is 12.3 Å². The summed E-state index contributed by atoms with van der Waals surface area (Å²) in [5, 5.41) is 14.0. The zero-order valence-corrected chi connectivity index (χ0v) is 17.5. The Morgan fingerprint density at radius 1 is 1.00 bits per heavy atom. The van der Waals surface area contributed by atoms with Crippen molar-refractivity contribution in [2.24, 2.45) is 0 Å². The molecule has 2 amide bonds. The van der Waals surface area contributed by atoms with Crippen molar-refractivity contribution >= 4 is 23.2 Å². The first-order valence-corrected chi connectivity index (χ1v) is 9.77. The summed E-state index contributed by atoms with van der Waals surface area (Å²) in [6.45, 7) is 1.79. The van der Waals surface area contributed by atoms with Gasteiger partial charge in [0, 0.05) is 18.1 Å². The average Bonchev–Trinajstić information content (AvgIpc) is 3.40. The molecule has 0 saturated carbocycles. The number of anilines is 2. The highest BCUT2D eigenvalue weighted by molar-refractivity contribution is 6.04. The fourth-order valence-corrected chi connectivity index (χ4v) is 3.08. The molecule has 2 N–H and O–H groups in total. The van der Waals surface area contributed by atoms with Crippen LogP contribution in [0.1, 0.15) is 16.1 Å². The number of nitrogens with zero attached hydrogens (tertiary/aromatic N) is 5. The Morgan fingerprint density at radius 3 is 2.53 bits per heavy atom. The maximum absolute atomic E-state index is 12.7. The summed E-state index contributed by atoms with van der Waals surface area (Å²) >= 11 is 0. The van der Waals surface area contributed by atoms with Gasteiger partial charge in [-0.2, -0.15) is 10.2 Å². The van der Waals surface area contributed by atoms with Crippen LogP contribution in [0.15, 0.2) is 67.3 Å². The minimum atomic E-state index is -0.327. The number of rotatable bonds is 7. The van der Waals surface area contributed by atoms with E-state index in [0.29, 0.717) is 34.2 Å². The topological polar surface area (TPSA) is 116 Å².